The van der Waals surface area contributed by atoms with E-state index in [1.165, 1.54) is 11.3 Å². The number of hydrogen-bond donors (Lipinski definition) is 1. The van der Waals surface area contributed by atoms with Crippen LogP contribution in [0.4, 0.5) is 5.13 Å². The Balaban J connectivity index is 2.19. The van der Waals surface area contributed by atoms with Gasteiger partial charge in [0.25, 0.3) is 5.91 Å². The number of aryl methyl sites for hydroxylation is 1. The third-order valence-corrected chi connectivity index (χ3v) is 3.15. The Morgan fingerprint density at radius 2 is 2.33 bits per heavy atom. The molecule has 6 heteroatoms. The Hall–Kier alpha value is -1.46. The highest BCUT2D eigenvalue weighted by Gasteiger charge is 2.10. The molecule has 0 saturated heterocycles. The van der Waals surface area contributed by atoms with Crippen LogP contribution < -0.4 is 5.32 Å². The molecule has 0 aliphatic rings. The Morgan fingerprint density at radius 3 is 3.00 bits per heavy atom. The molecule has 0 saturated carbocycles. The molecule has 0 fully saturated rings. The minimum Gasteiger partial charge on any atom is -0.298 e. The van der Waals surface area contributed by atoms with Gasteiger partial charge in [-0.1, -0.05) is 24.9 Å². The maximum Gasteiger partial charge on any atom is 0.257 e. The maximum absolute atomic E-state index is 12.0. The van der Waals surface area contributed by atoms with E-state index in [1.54, 1.807) is 23.7 Å². The number of rotatable bonds is 4. The Morgan fingerprint density at radius 1 is 1.50 bits per heavy atom. The van der Waals surface area contributed by atoms with E-state index in [9.17, 15) is 4.79 Å². The zero-order chi connectivity index (χ0) is 13.0. The van der Waals surface area contributed by atoms with E-state index in [4.69, 9.17) is 11.6 Å². The van der Waals surface area contributed by atoms with Crippen LogP contribution in [0.5, 0.6) is 0 Å². The van der Waals surface area contributed by atoms with Crippen molar-refractivity contribution in [2.24, 2.45) is 0 Å². The summed E-state index contributed by atoms with van der Waals surface area (Å²) in [7, 11) is 0. The minimum absolute atomic E-state index is 0.216. The molecule has 4 nitrogen and oxygen atoms in total. The number of pyridine rings is 1. The predicted octanol–water partition coefficient (Wildman–Crippen LogP) is 3.40. The standard InChI is InChI=1S/C12H12ClN3OS/c1-2-3-9-6-8(7-10(13)15-9)11(17)16-12-14-4-5-18-12/h4-7H,2-3H2,1H3,(H,14,16,17). The molecule has 0 unspecified atom stereocenters. The summed E-state index contributed by atoms with van der Waals surface area (Å²) in [6, 6.07) is 3.32. The first-order valence-corrected chi connectivity index (χ1v) is 6.82. The highest BCUT2D eigenvalue weighted by Crippen LogP contribution is 2.16. The van der Waals surface area contributed by atoms with Gasteiger partial charge < -0.3 is 0 Å². The topological polar surface area (TPSA) is 54.9 Å². The normalized spacial score (nSPS) is 10.3. The molecule has 2 heterocycles. The van der Waals surface area contributed by atoms with Gasteiger partial charge in [-0.3, -0.25) is 10.1 Å². The predicted molar refractivity (Wildman–Crippen MR) is 73.3 cm³/mol. The van der Waals surface area contributed by atoms with Gasteiger partial charge in [0.15, 0.2) is 5.13 Å². The van der Waals surface area contributed by atoms with Crippen LogP contribution in [0.15, 0.2) is 23.7 Å². The molecule has 0 radical (unpaired) electrons. The van der Waals surface area contributed by atoms with Gasteiger partial charge in [-0.2, -0.15) is 0 Å². The fourth-order valence-electron chi connectivity index (χ4n) is 1.52. The van der Waals surface area contributed by atoms with Gasteiger partial charge in [0.2, 0.25) is 0 Å². The summed E-state index contributed by atoms with van der Waals surface area (Å²) in [5.41, 5.74) is 1.34. The number of thiazole rings is 1. The van der Waals surface area contributed by atoms with Crippen LogP contribution in [0, 0.1) is 0 Å². The lowest BCUT2D eigenvalue weighted by atomic mass is 10.1. The van der Waals surface area contributed by atoms with Crippen LogP contribution in [0.25, 0.3) is 0 Å². The largest absolute Gasteiger partial charge is 0.298 e. The Kier molecular flexibility index (Phi) is 4.28. The molecule has 2 aromatic heterocycles. The third-order valence-electron chi connectivity index (χ3n) is 2.27. The zero-order valence-corrected chi connectivity index (χ0v) is 11.4. The van der Waals surface area contributed by atoms with Crippen molar-refractivity contribution in [2.75, 3.05) is 5.32 Å². The zero-order valence-electron chi connectivity index (χ0n) is 9.81. The second-order valence-corrected chi connectivity index (χ2v) is 4.99. The summed E-state index contributed by atoms with van der Waals surface area (Å²) >= 11 is 7.28. The van der Waals surface area contributed by atoms with E-state index in [0.717, 1.165) is 18.5 Å². The van der Waals surface area contributed by atoms with Gasteiger partial charge in [-0.15, -0.1) is 11.3 Å². The Labute approximate surface area is 114 Å². The number of halogens is 1. The van der Waals surface area contributed by atoms with Crippen molar-refractivity contribution in [3.05, 3.63) is 40.1 Å². The summed E-state index contributed by atoms with van der Waals surface area (Å²) < 4.78 is 0. The van der Waals surface area contributed by atoms with Crippen molar-refractivity contribution in [3.63, 3.8) is 0 Å². The highest BCUT2D eigenvalue weighted by atomic mass is 35.5. The summed E-state index contributed by atoms with van der Waals surface area (Å²) in [6.45, 7) is 2.05. The monoisotopic (exact) mass is 281 g/mol. The van der Waals surface area contributed by atoms with Crippen molar-refractivity contribution in [1.29, 1.82) is 0 Å². The van der Waals surface area contributed by atoms with Gasteiger partial charge in [0.1, 0.15) is 5.15 Å². The van der Waals surface area contributed by atoms with Crippen molar-refractivity contribution in [3.8, 4) is 0 Å². The van der Waals surface area contributed by atoms with Crippen LogP contribution in [0.1, 0.15) is 29.4 Å². The number of nitrogens with zero attached hydrogens (tertiary/aromatic N) is 2. The smallest absolute Gasteiger partial charge is 0.257 e. The molecule has 18 heavy (non-hydrogen) atoms. The maximum atomic E-state index is 12.0. The van der Waals surface area contributed by atoms with Crippen LogP contribution in [0.3, 0.4) is 0 Å². The molecule has 1 amide bonds. The van der Waals surface area contributed by atoms with Crippen LogP contribution in [-0.4, -0.2) is 15.9 Å². The molecule has 0 aromatic carbocycles. The number of nitrogens with one attached hydrogen (secondary N) is 1. The first-order valence-electron chi connectivity index (χ1n) is 5.56. The molecule has 0 bridgehead atoms. The summed E-state index contributed by atoms with van der Waals surface area (Å²) in [5, 5.41) is 5.43. The average Bonchev–Trinajstić information content (AvgIpc) is 2.81. The van der Waals surface area contributed by atoms with Gasteiger partial charge >= 0.3 is 0 Å². The van der Waals surface area contributed by atoms with Gasteiger partial charge in [-0.05, 0) is 18.6 Å². The van der Waals surface area contributed by atoms with E-state index in [0.29, 0.717) is 15.8 Å². The van der Waals surface area contributed by atoms with E-state index in [1.807, 2.05) is 0 Å². The first kappa shape index (κ1) is 13.0. The summed E-state index contributed by atoms with van der Waals surface area (Å²) in [5.74, 6) is -0.216. The SMILES string of the molecule is CCCc1cc(C(=O)Nc2nccs2)cc(Cl)n1. The van der Waals surface area contributed by atoms with Crippen molar-refractivity contribution >= 4 is 34.0 Å². The van der Waals surface area contributed by atoms with Crippen molar-refractivity contribution < 1.29 is 4.79 Å². The molecule has 2 aromatic rings. The number of aromatic nitrogens is 2. The molecular weight excluding hydrogens is 270 g/mol. The summed E-state index contributed by atoms with van der Waals surface area (Å²) in [4.78, 5) is 20.2. The molecule has 0 spiro atoms. The van der Waals surface area contributed by atoms with Crippen molar-refractivity contribution in [2.45, 2.75) is 19.8 Å². The molecule has 0 atom stereocenters. The number of amides is 1. The molecule has 1 N–H and O–H groups in total. The lowest BCUT2D eigenvalue weighted by molar-refractivity contribution is 0.102. The fraction of sp³-hybridized carbons (Fsp3) is 0.250. The first-order chi connectivity index (χ1) is 8.69. The fourth-order valence-corrected chi connectivity index (χ4v) is 2.27. The van der Waals surface area contributed by atoms with E-state index < -0.39 is 0 Å². The van der Waals surface area contributed by atoms with Crippen LogP contribution in [0.2, 0.25) is 5.15 Å². The van der Waals surface area contributed by atoms with Crippen molar-refractivity contribution in [1.82, 2.24) is 9.97 Å². The lowest BCUT2D eigenvalue weighted by Crippen LogP contribution is -2.12. The number of hydrogen-bond acceptors (Lipinski definition) is 4. The number of carbonyl (C=O) groups excluding carboxylic acids is 1. The molecule has 2 rings (SSSR count). The molecule has 0 aliphatic heterocycles. The average molecular weight is 282 g/mol. The lowest BCUT2D eigenvalue weighted by Gasteiger charge is -2.05. The van der Waals surface area contributed by atoms with Crippen LogP contribution in [-0.2, 0) is 6.42 Å². The van der Waals surface area contributed by atoms with Gasteiger partial charge in [0, 0.05) is 22.8 Å². The third kappa shape index (κ3) is 3.27. The van der Waals surface area contributed by atoms with E-state index in [-0.39, 0.29) is 5.91 Å². The minimum atomic E-state index is -0.216. The van der Waals surface area contributed by atoms with Gasteiger partial charge in [-0.25, -0.2) is 9.97 Å². The Bertz CT molecular complexity index is 542. The second-order valence-electron chi connectivity index (χ2n) is 3.71. The number of carbonyl (C=O) groups is 1. The van der Waals surface area contributed by atoms with E-state index in [2.05, 4.69) is 22.2 Å². The quantitative estimate of drug-likeness (QED) is 0.874. The summed E-state index contributed by atoms with van der Waals surface area (Å²) in [6.07, 6.45) is 3.40. The molecule has 0 aliphatic carbocycles. The van der Waals surface area contributed by atoms with Gasteiger partial charge in [0.05, 0.1) is 0 Å². The number of anilines is 1. The highest BCUT2D eigenvalue weighted by molar-refractivity contribution is 7.13. The van der Waals surface area contributed by atoms with Crippen LogP contribution >= 0.6 is 22.9 Å². The second kappa shape index (κ2) is 5.93. The molecular formula is C12H12ClN3OS. The molecule has 94 valence electrons. The van der Waals surface area contributed by atoms with E-state index >= 15 is 0 Å².